The van der Waals surface area contributed by atoms with Crippen molar-refractivity contribution in [2.75, 3.05) is 27.4 Å². The zero-order valence-corrected chi connectivity index (χ0v) is 12.7. The van der Waals surface area contributed by atoms with Crippen molar-refractivity contribution in [2.45, 2.75) is 13.0 Å². The Morgan fingerprint density at radius 2 is 2.14 bits per heavy atom. The molecule has 0 unspecified atom stereocenters. The second-order valence-corrected chi connectivity index (χ2v) is 4.67. The quantitative estimate of drug-likeness (QED) is 0.588. The SMILES string of the molecule is COCCOc1cnc2ccn([C@H](C)C(=O)OC)c(=O)c2c1. The maximum Gasteiger partial charge on any atom is 0.328 e. The van der Waals surface area contributed by atoms with Crippen LogP contribution in [0.2, 0.25) is 0 Å². The van der Waals surface area contributed by atoms with Crippen molar-refractivity contribution in [1.82, 2.24) is 9.55 Å². The molecule has 0 N–H and O–H groups in total. The third-order valence-corrected chi connectivity index (χ3v) is 3.27. The van der Waals surface area contributed by atoms with Gasteiger partial charge in [-0.25, -0.2) is 4.79 Å². The molecule has 2 aromatic rings. The first-order valence-corrected chi connectivity index (χ1v) is 6.79. The van der Waals surface area contributed by atoms with E-state index >= 15 is 0 Å². The van der Waals surface area contributed by atoms with Gasteiger partial charge in [0.05, 0.1) is 30.8 Å². The minimum Gasteiger partial charge on any atom is -0.490 e. The molecule has 22 heavy (non-hydrogen) atoms. The third kappa shape index (κ3) is 3.25. The van der Waals surface area contributed by atoms with Crippen molar-refractivity contribution in [1.29, 1.82) is 0 Å². The van der Waals surface area contributed by atoms with E-state index < -0.39 is 12.0 Å². The van der Waals surface area contributed by atoms with E-state index in [-0.39, 0.29) is 5.56 Å². The molecule has 7 heteroatoms. The Hall–Kier alpha value is -2.41. The Morgan fingerprint density at radius 1 is 1.36 bits per heavy atom. The molecule has 0 radical (unpaired) electrons. The first-order valence-electron chi connectivity index (χ1n) is 6.79. The predicted molar refractivity (Wildman–Crippen MR) is 80.1 cm³/mol. The molecule has 2 rings (SSSR count). The summed E-state index contributed by atoms with van der Waals surface area (Å²) in [6, 6.07) is 2.58. The van der Waals surface area contributed by atoms with Gasteiger partial charge in [0.1, 0.15) is 18.4 Å². The molecule has 0 aliphatic carbocycles. The molecule has 2 heterocycles. The van der Waals surface area contributed by atoms with E-state index in [2.05, 4.69) is 9.72 Å². The van der Waals surface area contributed by atoms with Gasteiger partial charge in [0.25, 0.3) is 5.56 Å². The zero-order valence-electron chi connectivity index (χ0n) is 12.7. The maximum atomic E-state index is 12.5. The van der Waals surface area contributed by atoms with E-state index in [1.807, 2.05) is 0 Å². The van der Waals surface area contributed by atoms with Crippen LogP contribution in [0, 0.1) is 0 Å². The monoisotopic (exact) mass is 306 g/mol. The van der Waals surface area contributed by atoms with E-state index in [1.165, 1.54) is 17.9 Å². The molecule has 0 amide bonds. The van der Waals surface area contributed by atoms with Gasteiger partial charge in [-0.1, -0.05) is 0 Å². The molecule has 1 atom stereocenters. The van der Waals surface area contributed by atoms with Crippen LogP contribution in [-0.2, 0) is 14.3 Å². The summed E-state index contributed by atoms with van der Waals surface area (Å²) >= 11 is 0. The summed E-state index contributed by atoms with van der Waals surface area (Å²) < 4.78 is 16.3. The number of hydrogen-bond acceptors (Lipinski definition) is 6. The van der Waals surface area contributed by atoms with Crippen LogP contribution in [0.15, 0.2) is 29.3 Å². The van der Waals surface area contributed by atoms with Crippen molar-refractivity contribution >= 4 is 16.9 Å². The molecular weight excluding hydrogens is 288 g/mol. The number of ether oxygens (including phenoxy) is 3. The number of aromatic nitrogens is 2. The fourth-order valence-corrected chi connectivity index (χ4v) is 2.03. The van der Waals surface area contributed by atoms with Crippen LogP contribution < -0.4 is 10.3 Å². The highest BCUT2D eigenvalue weighted by Crippen LogP contribution is 2.16. The maximum absolute atomic E-state index is 12.5. The Balaban J connectivity index is 2.40. The Labute approximate surface area is 127 Å². The molecule has 2 aromatic heterocycles. The Bertz CT molecular complexity index is 725. The highest BCUT2D eigenvalue weighted by molar-refractivity contribution is 5.79. The van der Waals surface area contributed by atoms with Crippen LogP contribution in [-0.4, -0.2) is 43.0 Å². The molecule has 7 nitrogen and oxygen atoms in total. The topological polar surface area (TPSA) is 79.7 Å². The summed E-state index contributed by atoms with van der Waals surface area (Å²) in [7, 11) is 2.86. The number of hydrogen-bond donors (Lipinski definition) is 0. The zero-order chi connectivity index (χ0) is 16.1. The average molecular weight is 306 g/mol. The van der Waals surface area contributed by atoms with Gasteiger partial charge in [0.2, 0.25) is 0 Å². The number of fused-ring (bicyclic) bond motifs is 1. The van der Waals surface area contributed by atoms with Crippen molar-refractivity contribution < 1.29 is 19.0 Å². The first-order chi connectivity index (χ1) is 10.6. The van der Waals surface area contributed by atoms with Crippen LogP contribution in [0.5, 0.6) is 5.75 Å². The summed E-state index contributed by atoms with van der Waals surface area (Å²) in [6.07, 6.45) is 3.08. The molecule has 0 aliphatic heterocycles. The highest BCUT2D eigenvalue weighted by atomic mass is 16.5. The minimum absolute atomic E-state index is 0.319. The number of carbonyl (C=O) groups is 1. The van der Waals surface area contributed by atoms with Crippen LogP contribution in [0.25, 0.3) is 10.9 Å². The predicted octanol–water partition coefficient (Wildman–Crippen LogP) is 1.16. The van der Waals surface area contributed by atoms with Gasteiger partial charge in [-0.05, 0) is 19.1 Å². The molecule has 0 spiro atoms. The standard InChI is InChI=1S/C15H18N2O5/c1-10(15(19)21-3)17-5-4-13-12(14(17)18)8-11(9-16-13)22-7-6-20-2/h4-5,8-10H,6-7H2,1-3H3/t10-/m1/s1. The Kier molecular flexibility index (Phi) is 5.11. The average Bonchev–Trinajstić information content (AvgIpc) is 2.54. The number of carbonyl (C=O) groups excluding carboxylic acids is 1. The second kappa shape index (κ2) is 7.04. The molecule has 0 aliphatic rings. The highest BCUT2D eigenvalue weighted by Gasteiger charge is 2.17. The van der Waals surface area contributed by atoms with Gasteiger partial charge in [-0.15, -0.1) is 0 Å². The molecule has 0 bridgehead atoms. The lowest BCUT2D eigenvalue weighted by atomic mass is 10.2. The fraction of sp³-hybridized carbons (Fsp3) is 0.400. The van der Waals surface area contributed by atoms with E-state index in [0.717, 1.165) is 0 Å². The summed E-state index contributed by atoms with van der Waals surface area (Å²) in [6.45, 7) is 2.41. The van der Waals surface area contributed by atoms with Gasteiger partial charge < -0.3 is 18.8 Å². The van der Waals surface area contributed by atoms with Crippen LogP contribution in [0.4, 0.5) is 0 Å². The lowest BCUT2D eigenvalue weighted by molar-refractivity contribution is -0.144. The van der Waals surface area contributed by atoms with Crippen molar-refractivity contribution in [2.24, 2.45) is 0 Å². The van der Waals surface area contributed by atoms with Crippen LogP contribution in [0.1, 0.15) is 13.0 Å². The third-order valence-electron chi connectivity index (χ3n) is 3.27. The van der Waals surface area contributed by atoms with E-state index in [0.29, 0.717) is 29.9 Å². The largest absolute Gasteiger partial charge is 0.490 e. The summed E-state index contributed by atoms with van der Waals surface area (Å²) in [5.74, 6) is -0.00738. The van der Waals surface area contributed by atoms with Gasteiger partial charge in [0.15, 0.2) is 0 Å². The van der Waals surface area contributed by atoms with E-state index in [1.54, 1.807) is 32.4 Å². The van der Waals surface area contributed by atoms with Gasteiger partial charge in [-0.3, -0.25) is 9.78 Å². The van der Waals surface area contributed by atoms with Gasteiger partial charge in [0, 0.05) is 13.3 Å². The van der Waals surface area contributed by atoms with Crippen molar-refractivity contribution in [3.63, 3.8) is 0 Å². The molecule has 0 saturated heterocycles. The summed E-state index contributed by atoms with van der Waals surface area (Å²) in [4.78, 5) is 28.3. The first kappa shape index (κ1) is 16.0. The molecule has 0 aromatic carbocycles. The van der Waals surface area contributed by atoms with Crippen LogP contribution in [0.3, 0.4) is 0 Å². The van der Waals surface area contributed by atoms with E-state index in [9.17, 15) is 9.59 Å². The Morgan fingerprint density at radius 3 is 2.82 bits per heavy atom. The minimum atomic E-state index is -0.708. The van der Waals surface area contributed by atoms with E-state index in [4.69, 9.17) is 9.47 Å². The van der Waals surface area contributed by atoms with Crippen LogP contribution >= 0.6 is 0 Å². The number of esters is 1. The lowest BCUT2D eigenvalue weighted by Gasteiger charge is -2.13. The second-order valence-electron chi connectivity index (χ2n) is 4.67. The molecular formula is C15H18N2O5. The summed E-state index contributed by atoms with van der Waals surface area (Å²) in [5, 5.41) is 0.383. The smallest absolute Gasteiger partial charge is 0.328 e. The number of rotatable bonds is 6. The van der Waals surface area contributed by atoms with Gasteiger partial charge >= 0.3 is 5.97 Å². The van der Waals surface area contributed by atoms with Gasteiger partial charge in [-0.2, -0.15) is 0 Å². The molecule has 0 saturated carbocycles. The van der Waals surface area contributed by atoms with Crippen molar-refractivity contribution in [3.8, 4) is 5.75 Å². The molecule has 0 fully saturated rings. The number of methoxy groups -OCH3 is 2. The number of pyridine rings is 2. The normalized spacial score (nSPS) is 12.1. The number of nitrogens with zero attached hydrogens (tertiary/aromatic N) is 2. The lowest BCUT2D eigenvalue weighted by Crippen LogP contribution is -2.28. The summed E-state index contributed by atoms with van der Waals surface area (Å²) in [5.41, 5.74) is 0.220. The molecule has 118 valence electrons. The fourth-order valence-electron chi connectivity index (χ4n) is 2.03. The van der Waals surface area contributed by atoms with Crippen molar-refractivity contribution in [3.05, 3.63) is 34.9 Å².